The molecule has 3 aromatic rings. The summed E-state index contributed by atoms with van der Waals surface area (Å²) in [5.41, 5.74) is 8.61. The predicted octanol–water partition coefficient (Wildman–Crippen LogP) is 3.20. The summed E-state index contributed by atoms with van der Waals surface area (Å²) in [5, 5.41) is 0. The van der Waals surface area contributed by atoms with Gasteiger partial charge in [-0.2, -0.15) is 0 Å². The van der Waals surface area contributed by atoms with E-state index in [9.17, 15) is 8.78 Å². The molecule has 0 spiro atoms. The van der Waals surface area contributed by atoms with Crippen molar-refractivity contribution in [2.24, 2.45) is 5.73 Å². The lowest BCUT2D eigenvalue weighted by Crippen LogP contribution is -2.53. The van der Waals surface area contributed by atoms with E-state index in [0.29, 0.717) is 24.7 Å². The van der Waals surface area contributed by atoms with Crippen molar-refractivity contribution < 1.29 is 8.78 Å². The molecule has 1 aliphatic heterocycles. The molecule has 1 aliphatic rings. The molecule has 3 heterocycles. The standard InChI is InChI=1S/C19H18F2N6/c1-23-14-6-7-15(24-9-14)11-27-17-5-3-2-4-16(17)25-18(27)26-10-13(22)8-19(20,21)12-26/h2-7,9,13H,8,10-12,22H2/t13-/m0/s1. The van der Waals surface area contributed by atoms with Crippen molar-refractivity contribution in [2.45, 2.75) is 24.9 Å². The quantitative estimate of drug-likeness (QED) is 0.721. The number of nitrogens with zero attached hydrogens (tertiary/aromatic N) is 5. The Balaban J connectivity index is 1.76. The third-order valence-corrected chi connectivity index (χ3v) is 4.61. The highest BCUT2D eigenvalue weighted by Crippen LogP contribution is 2.31. The van der Waals surface area contributed by atoms with Gasteiger partial charge in [-0.25, -0.2) is 18.6 Å². The number of alkyl halides is 2. The van der Waals surface area contributed by atoms with Crippen molar-refractivity contribution in [2.75, 3.05) is 18.0 Å². The van der Waals surface area contributed by atoms with Crippen LogP contribution in [-0.4, -0.2) is 39.6 Å². The largest absolute Gasteiger partial charge is 0.335 e. The molecule has 0 unspecified atom stereocenters. The molecule has 1 fully saturated rings. The highest BCUT2D eigenvalue weighted by atomic mass is 19.3. The molecule has 4 rings (SSSR count). The molecular formula is C19H18F2N6. The molecule has 1 saturated heterocycles. The SMILES string of the molecule is [C-]#[N+]c1ccc(Cn2c(N3C[C@@H](N)CC(F)(F)C3)nc3ccccc32)nc1. The molecule has 138 valence electrons. The summed E-state index contributed by atoms with van der Waals surface area (Å²) >= 11 is 0. The molecule has 0 radical (unpaired) electrons. The Bertz CT molecular complexity index is 1010. The van der Waals surface area contributed by atoms with Crippen LogP contribution >= 0.6 is 0 Å². The lowest BCUT2D eigenvalue weighted by atomic mass is 10.0. The van der Waals surface area contributed by atoms with Crippen LogP contribution < -0.4 is 10.6 Å². The van der Waals surface area contributed by atoms with Gasteiger partial charge in [0, 0.05) is 25.2 Å². The number of anilines is 1. The van der Waals surface area contributed by atoms with Crippen LogP contribution in [0.15, 0.2) is 42.6 Å². The first kappa shape index (κ1) is 17.4. The Morgan fingerprint density at radius 2 is 2.07 bits per heavy atom. The summed E-state index contributed by atoms with van der Waals surface area (Å²) in [5.74, 6) is -2.39. The topological polar surface area (TPSA) is 64.3 Å². The van der Waals surface area contributed by atoms with Gasteiger partial charge in [-0.15, -0.1) is 0 Å². The minimum Gasteiger partial charge on any atom is -0.335 e. The second-order valence-electron chi connectivity index (χ2n) is 6.81. The summed E-state index contributed by atoms with van der Waals surface area (Å²) in [6, 6.07) is 10.4. The number of para-hydroxylation sites is 2. The molecule has 1 aromatic carbocycles. The number of piperidine rings is 1. The van der Waals surface area contributed by atoms with Crippen molar-refractivity contribution in [3.8, 4) is 0 Å². The average Bonchev–Trinajstić information content (AvgIpc) is 2.99. The molecule has 0 amide bonds. The molecule has 27 heavy (non-hydrogen) atoms. The van der Waals surface area contributed by atoms with E-state index < -0.39 is 18.5 Å². The number of nitrogens with two attached hydrogens (primary N) is 1. The average molecular weight is 368 g/mol. The second kappa shape index (κ2) is 6.59. The minimum absolute atomic E-state index is 0.316. The summed E-state index contributed by atoms with van der Waals surface area (Å²) in [4.78, 5) is 13.8. The minimum atomic E-state index is -2.85. The van der Waals surface area contributed by atoms with Gasteiger partial charge in [0.15, 0.2) is 0 Å². The van der Waals surface area contributed by atoms with Crippen LogP contribution in [0.2, 0.25) is 0 Å². The Kier molecular flexibility index (Phi) is 4.24. The number of hydrogen-bond donors (Lipinski definition) is 1. The Labute approximate surface area is 155 Å². The molecule has 2 N–H and O–H groups in total. The lowest BCUT2D eigenvalue weighted by Gasteiger charge is -2.36. The molecule has 6 nitrogen and oxygen atoms in total. The first-order valence-corrected chi connectivity index (χ1v) is 8.61. The van der Waals surface area contributed by atoms with E-state index in [2.05, 4.69) is 14.8 Å². The Morgan fingerprint density at radius 3 is 2.78 bits per heavy atom. The van der Waals surface area contributed by atoms with Crippen LogP contribution in [0.4, 0.5) is 20.4 Å². The Morgan fingerprint density at radius 1 is 1.26 bits per heavy atom. The predicted molar refractivity (Wildman–Crippen MR) is 99.1 cm³/mol. The third-order valence-electron chi connectivity index (χ3n) is 4.61. The number of benzene rings is 1. The van der Waals surface area contributed by atoms with Gasteiger partial charge in [-0.1, -0.05) is 18.2 Å². The van der Waals surface area contributed by atoms with Crippen LogP contribution in [0.25, 0.3) is 15.9 Å². The van der Waals surface area contributed by atoms with E-state index >= 15 is 0 Å². The number of imidazole rings is 1. The number of halogens is 2. The van der Waals surface area contributed by atoms with Gasteiger partial charge in [0.25, 0.3) is 5.92 Å². The fourth-order valence-electron chi connectivity index (χ4n) is 3.49. The van der Waals surface area contributed by atoms with Crippen molar-refractivity contribution in [1.82, 2.24) is 14.5 Å². The van der Waals surface area contributed by atoms with E-state index in [1.807, 2.05) is 28.8 Å². The maximum atomic E-state index is 14.1. The number of aromatic nitrogens is 3. The molecule has 0 saturated carbocycles. The molecule has 1 atom stereocenters. The van der Waals surface area contributed by atoms with Crippen LogP contribution in [0.5, 0.6) is 0 Å². The van der Waals surface area contributed by atoms with Crippen LogP contribution in [0.3, 0.4) is 0 Å². The maximum absolute atomic E-state index is 14.1. The molecule has 0 bridgehead atoms. The number of rotatable bonds is 3. The zero-order valence-corrected chi connectivity index (χ0v) is 14.5. The van der Waals surface area contributed by atoms with Crippen LogP contribution in [-0.2, 0) is 6.54 Å². The van der Waals surface area contributed by atoms with Crippen molar-refractivity contribution >= 4 is 22.7 Å². The van der Waals surface area contributed by atoms with Crippen LogP contribution in [0.1, 0.15) is 12.1 Å². The third kappa shape index (κ3) is 3.46. The van der Waals surface area contributed by atoms with E-state index in [-0.39, 0.29) is 6.42 Å². The number of fused-ring (bicyclic) bond motifs is 1. The van der Waals surface area contributed by atoms with Crippen molar-refractivity contribution in [3.05, 3.63) is 59.7 Å². The van der Waals surface area contributed by atoms with Crippen LogP contribution in [0, 0.1) is 6.57 Å². The fraction of sp³-hybridized carbons (Fsp3) is 0.316. The van der Waals surface area contributed by atoms with Gasteiger partial charge in [-0.05, 0) is 18.2 Å². The Hall–Kier alpha value is -3.05. The summed E-state index contributed by atoms with van der Waals surface area (Å²) in [6.45, 7) is 7.30. The number of pyridine rings is 1. The monoisotopic (exact) mass is 368 g/mol. The smallest absolute Gasteiger partial charge is 0.266 e. The second-order valence-corrected chi connectivity index (χ2v) is 6.81. The fourth-order valence-corrected chi connectivity index (χ4v) is 3.49. The summed E-state index contributed by atoms with van der Waals surface area (Å²) < 4.78 is 30.1. The van der Waals surface area contributed by atoms with E-state index in [4.69, 9.17) is 12.3 Å². The highest BCUT2D eigenvalue weighted by Gasteiger charge is 2.40. The van der Waals surface area contributed by atoms with E-state index in [0.717, 1.165) is 16.7 Å². The normalized spacial score (nSPS) is 19.2. The van der Waals surface area contributed by atoms with Crippen molar-refractivity contribution in [1.29, 1.82) is 0 Å². The molecule has 0 aliphatic carbocycles. The molecule has 2 aromatic heterocycles. The first-order valence-electron chi connectivity index (χ1n) is 8.61. The van der Waals surface area contributed by atoms with E-state index in [1.54, 1.807) is 17.0 Å². The van der Waals surface area contributed by atoms with Gasteiger partial charge in [0.1, 0.15) is 0 Å². The number of hydrogen-bond acceptors (Lipinski definition) is 4. The zero-order chi connectivity index (χ0) is 19.0. The molecular weight excluding hydrogens is 350 g/mol. The summed E-state index contributed by atoms with van der Waals surface area (Å²) in [7, 11) is 0. The summed E-state index contributed by atoms with van der Waals surface area (Å²) in [6.07, 6.45) is 1.19. The van der Waals surface area contributed by atoms with Gasteiger partial charge in [0.2, 0.25) is 11.6 Å². The van der Waals surface area contributed by atoms with E-state index in [1.165, 1.54) is 6.20 Å². The van der Waals surface area contributed by atoms with Gasteiger partial charge < -0.3 is 15.2 Å². The zero-order valence-electron chi connectivity index (χ0n) is 14.5. The lowest BCUT2D eigenvalue weighted by molar-refractivity contribution is -0.0177. The highest BCUT2D eigenvalue weighted by molar-refractivity contribution is 5.79. The van der Waals surface area contributed by atoms with Gasteiger partial charge >= 0.3 is 0 Å². The van der Waals surface area contributed by atoms with Crippen molar-refractivity contribution in [3.63, 3.8) is 0 Å². The van der Waals surface area contributed by atoms with Gasteiger partial charge in [-0.3, -0.25) is 4.98 Å². The molecule has 8 heteroatoms. The van der Waals surface area contributed by atoms with Gasteiger partial charge in [0.05, 0.1) is 36.4 Å². The first-order chi connectivity index (χ1) is 12.9. The maximum Gasteiger partial charge on any atom is 0.266 e.